The van der Waals surface area contributed by atoms with E-state index in [1.54, 1.807) is 6.92 Å². The van der Waals surface area contributed by atoms with Gasteiger partial charge in [-0.05, 0) is 6.42 Å². The van der Waals surface area contributed by atoms with E-state index in [1.165, 1.54) is 0 Å². The zero-order valence-electron chi connectivity index (χ0n) is 4.98. The van der Waals surface area contributed by atoms with Crippen molar-refractivity contribution in [2.75, 3.05) is 0 Å². The minimum atomic E-state index is -0.0785. The molecule has 0 spiro atoms. The molecule has 1 nitrogen and oxygen atoms in total. The van der Waals surface area contributed by atoms with E-state index in [-0.39, 0.29) is 6.40 Å². The van der Waals surface area contributed by atoms with Gasteiger partial charge in [-0.25, -0.2) is 0 Å². The molecule has 0 amide bonds. The highest BCUT2D eigenvalue weighted by atomic mass is 16.1. The minimum absolute atomic E-state index is 0.0785. The summed E-state index contributed by atoms with van der Waals surface area (Å²) in [6.07, 6.45) is 2.00. The highest BCUT2D eigenvalue weighted by Crippen LogP contribution is 1.87. The van der Waals surface area contributed by atoms with Crippen LogP contribution in [0.25, 0.3) is 0 Å². The first-order valence-electron chi connectivity index (χ1n) is 2.71. The lowest BCUT2D eigenvalue weighted by Crippen LogP contribution is -1.70. The number of rotatable bonds is 3. The van der Waals surface area contributed by atoms with Crippen LogP contribution in [-0.2, 0) is 4.79 Å². The molecule has 0 bridgehead atoms. The van der Waals surface area contributed by atoms with Crippen LogP contribution in [-0.4, -0.2) is 6.29 Å². The van der Waals surface area contributed by atoms with Gasteiger partial charge in [-0.3, -0.25) is 0 Å². The van der Waals surface area contributed by atoms with Gasteiger partial charge in [0.25, 0.3) is 0 Å². The van der Waals surface area contributed by atoms with Crippen molar-refractivity contribution in [3.63, 3.8) is 0 Å². The molecule has 0 aliphatic rings. The van der Waals surface area contributed by atoms with Gasteiger partial charge >= 0.3 is 0 Å². The summed E-state index contributed by atoms with van der Waals surface area (Å²) in [6, 6.07) is 0. The largest absolute Gasteiger partial charge is 0.303 e. The first-order valence-corrected chi connectivity index (χ1v) is 2.13. The van der Waals surface area contributed by atoms with Gasteiger partial charge < -0.3 is 4.79 Å². The number of aldehydes is 1. The summed E-state index contributed by atoms with van der Waals surface area (Å²) in [5.74, 6) is 0. The molecule has 36 valence electrons. The second kappa shape index (κ2) is 4.67. The van der Waals surface area contributed by atoms with Crippen LogP contribution in [0.3, 0.4) is 0 Å². The fourth-order valence-corrected chi connectivity index (χ4v) is 0.235. The van der Waals surface area contributed by atoms with Crippen LogP contribution in [0.15, 0.2) is 0 Å². The minimum Gasteiger partial charge on any atom is -0.303 e. The van der Waals surface area contributed by atoms with E-state index in [0.717, 1.165) is 6.29 Å². The van der Waals surface area contributed by atoms with Gasteiger partial charge in [0.1, 0.15) is 6.29 Å². The molecule has 0 radical (unpaired) electrons. The summed E-state index contributed by atoms with van der Waals surface area (Å²) in [4.78, 5) is 9.63. The lowest BCUT2D eigenvalue weighted by molar-refractivity contribution is -0.107. The summed E-state index contributed by atoms with van der Waals surface area (Å²) in [5.41, 5.74) is 0. The Kier molecular flexibility index (Phi) is 2.99. The van der Waals surface area contributed by atoms with Gasteiger partial charge in [-0.15, -0.1) is 0 Å². The van der Waals surface area contributed by atoms with E-state index in [2.05, 4.69) is 0 Å². The molecular weight excluding hydrogens is 76.1 g/mol. The fraction of sp³-hybridized carbons (Fsp3) is 0.800. The molecule has 0 aliphatic carbocycles. The van der Waals surface area contributed by atoms with E-state index in [9.17, 15) is 4.79 Å². The van der Waals surface area contributed by atoms with Crippen molar-refractivity contribution in [2.24, 2.45) is 0 Å². The van der Waals surface area contributed by atoms with Crippen molar-refractivity contribution >= 4 is 6.29 Å². The van der Waals surface area contributed by atoms with Crippen molar-refractivity contribution in [3.8, 4) is 0 Å². The lowest BCUT2D eigenvalue weighted by atomic mass is 10.3. The molecule has 6 heavy (non-hydrogen) atoms. The fourth-order valence-electron chi connectivity index (χ4n) is 0.235. The number of carbonyl (C=O) groups is 1. The molecule has 0 saturated carbocycles. The van der Waals surface area contributed by atoms with Crippen LogP contribution in [0.5, 0.6) is 0 Å². The lowest BCUT2D eigenvalue weighted by Gasteiger charge is -1.79. The van der Waals surface area contributed by atoms with Gasteiger partial charge in [-0.1, -0.05) is 13.3 Å². The van der Waals surface area contributed by atoms with Crippen molar-refractivity contribution in [2.45, 2.75) is 26.2 Å². The molecule has 0 fully saturated rings. The third kappa shape index (κ3) is 3.67. The Balaban J connectivity index is 2.81. The van der Waals surface area contributed by atoms with Crippen molar-refractivity contribution in [1.82, 2.24) is 0 Å². The maximum Gasteiger partial charge on any atom is 0.119 e. The van der Waals surface area contributed by atoms with Gasteiger partial charge in [0.05, 0.1) is 0 Å². The maximum atomic E-state index is 9.63. The molecule has 0 saturated heterocycles. The molecule has 0 aromatic carbocycles. The van der Waals surface area contributed by atoms with Gasteiger partial charge in [-0.2, -0.15) is 0 Å². The Labute approximate surface area is 39.8 Å². The van der Waals surface area contributed by atoms with Crippen LogP contribution >= 0.6 is 0 Å². The number of carbonyl (C=O) groups excluding carboxylic acids is 1. The first kappa shape index (κ1) is 3.85. The zero-order valence-corrected chi connectivity index (χ0v) is 3.98. The normalized spacial score (nSPS) is 15.8. The predicted octanol–water partition coefficient (Wildman–Crippen LogP) is 1.38. The van der Waals surface area contributed by atoms with Crippen LogP contribution in [0.1, 0.15) is 27.5 Å². The summed E-state index contributed by atoms with van der Waals surface area (Å²) < 4.78 is 6.92. The highest BCUT2D eigenvalue weighted by molar-refractivity contribution is 5.48. The molecule has 0 rings (SSSR count). The SMILES string of the molecule is [2H]C(C)CCC=O. The summed E-state index contributed by atoms with van der Waals surface area (Å²) >= 11 is 0. The second-order valence-electron chi connectivity index (χ2n) is 1.15. The molecule has 0 aromatic rings. The molecule has 0 aromatic heterocycles. The van der Waals surface area contributed by atoms with Gasteiger partial charge in [0, 0.05) is 7.79 Å². The van der Waals surface area contributed by atoms with E-state index in [0.29, 0.717) is 12.8 Å². The monoisotopic (exact) mass is 87.1 g/mol. The summed E-state index contributed by atoms with van der Waals surface area (Å²) in [7, 11) is 0. The zero-order chi connectivity index (χ0) is 5.70. The van der Waals surface area contributed by atoms with Crippen LogP contribution in [0, 0.1) is 0 Å². The highest BCUT2D eigenvalue weighted by Gasteiger charge is 1.74. The molecule has 0 heterocycles. The molecule has 0 aliphatic heterocycles. The van der Waals surface area contributed by atoms with E-state index < -0.39 is 0 Å². The Morgan fingerprint density at radius 1 is 2.00 bits per heavy atom. The Morgan fingerprint density at radius 2 is 2.67 bits per heavy atom. The second-order valence-corrected chi connectivity index (χ2v) is 1.15. The average Bonchev–Trinajstić information content (AvgIpc) is 1.61. The molecule has 0 N–H and O–H groups in total. The predicted molar refractivity (Wildman–Crippen MR) is 25.6 cm³/mol. The van der Waals surface area contributed by atoms with Gasteiger partial charge in [0.2, 0.25) is 0 Å². The molecular formula is C5H10O. The van der Waals surface area contributed by atoms with Crippen LogP contribution in [0.2, 0.25) is 0 Å². The topological polar surface area (TPSA) is 17.1 Å². The average molecular weight is 87.1 g/mol. The Hall–Kier alpha value is -0.330. The molecule has 1 unspecified atom stereocenters. The Bertz CT molecular complexity index is 52.0. The third-order valence-electron chi connectivity index (χ3n) is 0.573. The maximum absolute atomic E-state index is 9.63. The van der Waals surface area contributed by atoms with Crippen LogP contribution in [0.4, 0.5) is 0 Å². The summed E-state index contributed by atoms with van der Waals surface area (Å²) in [5, 5.41) is 0. The van der Waals surface area contributed by atoms with E-state index in [1.807, 2.05) is 0 Å². The van der Waals surface area contributed by atoms with Crippen molar-refractivity contribution < 1.29 is 6.17 Å². The van der Waals surface area contributed by atoms with Gasteiger partial charge in [0.15, 0.2) is 0 Å². The van der Waals surface area contributed by atoms with Crippen molar-refractivity contribution in [3.05, 3.63) is 0 Å². The summed E-state index contributed by atoms with van der Waals surface area (Å²) in [6.45, 7) is 1.78. The van der Waals surface area contributed by atoms with E-state index in [4.69, 9.17) is 1.37 Å². The van der Waals surface area contributed by atoms with E-state index >= 15 is 0 Å². The molecule has 1 heteroatoms. The van der Waals surface area contributed by atoms with Crippen molar-refractivity contribution in [1.29, 1.82) is 0 Å². The number of hydrogen-bond donors (Lipinski definition) is 0. The number of hydrogen-bond acceptors (Lipinski definition) is 1. The quantitative estimate of drug-likeness (QED) is 0.475. The smallest absolute Gasteiger partial charge is 0.119 e. The molecule has 1 atom stereocenters. The first-order chi connectivity index (χ1) is 3.27. The standard InChI is InChI=1S/C5H10O/c1-2-3-4-5-6/h5H,2-4H2,1H3/i2D. The third-order valence-corrected chi connectivity index (χ3v) is 0.573. The van der Waals surface area contributed by atoms with Crippen LogP contribution < -0.4 is 0 Å². The Morgan fingerprint density at radius 3 is 2.83 bits per heavy atom.